The van der Waals surface area contributed by atoms with E-state index in [4.69, 9.17) is 4.98 Å². The van der Waals surface area contributed by atoms with Crippen LogP contribution in [0.5, 0.6) is 0 Å². The molecule has 20 heavy (non-hydrogen) atoms. The van der Waals surface area contributed by atoms with Gasteiger partial charge in [-0.1, -0.05) is 34.6 Å². The minimum Gasteiger partial charge on any atom is -0.257 e. The molecule has 0 amide bonds. The molecule has 1 heteroatoms. The average molecular weight is 271 g/mol. The Hall–Kier alpha value is -0.850. The summed E-state index contributed by atoms with van der Waals surface area (Å²) in [5, 5.41) is 0. The second-order valence-electron chi connectivity index (χ2n) is 7.73. The van der Waals surface area contributed by atoms with E-state index >= 15 is 0 Å². The molecule has 2 aliphatic carbocycles. The van der Waals surface area contributed by atoms with Crippen LogP contribution in [-0.2, 0) is 18.3 Å². The predicted molar refractivity (Wildman–Crippen MR) is 85.6 cm³/mol. The average Bonchev–Trinajstić information content (AvgIpc) is 3.14. The summed E-state index contributed by atoms with van der Waals surface area (Å²) in [5.41, 5.74) is 8.11. The van der Waals surface area contributed by atoms with Crippen molar-refractivity contribution in [2.45, 2.75) is 90.4 Å². The maximum atomic E-state index is 5.14. The van der Waals surface area contributed by atoms with Crippen molar-refractivity contribution in [3.05, 3.63) is 28.1 Å². The van der Waals surface area contributed by atoms with Crippen molar-refractivity contribution in [2.24, 2.45) is 0 Å². The second-order valence-corrected chi connectivity index (χ2v) is 7.73. The molecule has 3 rings (SSSR count). The van der Waals surface area contributed by atoms with Gasteiger partial charge in [-0.15, -0.1) is 0 Å². The summed E-state index contributed by atoms with van der Waals surface area (Å²) in [6.45, 7) is 11.9. The molecule has 0 bridgehead atoms. The van der Waals surface area contributed by atoms with E-state index < -0.39 is 0 Å². The molecule has 1 fully saturated rings. The van der Waals surface area contributed by atoms with Gasteiger partial charge < -0.3 is 0 Å². The van der Waals surface area contributed by atoms with E-state index in [0.29, 0.717) is 11.3 Å². The number of rotatable bonds is 4. The molecule has 0 spiro atoms. The molecule has 1 heterocycles. The monoisotopic (exact) mass is 271 g/mol. The minimum atomic E-state index is 0.292. The lowest BCUT2D eigenvalue weighted by Gasteiger charge is -2.32. The van der Waals surface area contributed by atoms with Crippen LogP contribution in [0.15, 0.2) is 0 Å². The van der Waals surface area contributed by atoms with Crippen molar-refractivity contribution in [1.82, 2.24) is 4.98 Å². The lowest BCUT2D eigenvalue weighted by molar-refractivity contribution is 0.490. The summed E-state index contributed by atoms with van der Waals surface area (Å²) in [6, 6.07) is 0. The molecule has 0 N–H and O–H groups in total. The van der Waals surface area contributed by atoms with Crippen LogP contribution < -0.4 is 0 Å². The van der Waals surface area contributed by atoms with Gasteiger partial charge in [0.2, 0.25) is 0 Å². The maximum absolute atomic E-state index is 5.14. The summed E-state index contributed by atoms with van der Waals surface area (Å²) in [5.74, 6) is 1.37. The van der Waals surface area contributed by atoms with E-state index in [9.17, 15) is 0 Å². The van der Waals surface area contributed by atoms with Crippen LogP contribution in [0.1, 0.15) is 100 Å². The molecule has 1 aromatic heterocycles. The van der Waals surface area contributed by atoms with Crippen LogP contribution in [0, 0.1) is 0 Å². The van der Waals surface area contributed by atoms with E-state index in [1.54, 1.807) is 16.7 Å². The molecule has 1 saturated carbocycles. The number of nitrogens with zero attached hydrogens (tertiary/aromatic N) is 1. The standard InChI is InChI=1S/C19H29N/c1-6-19(4,5)17-14-8-7-9-15(14)20-18(13-10-11-13)16(17)12(2)3/h12-13H,6-11H2,1-5H3. The van der Waals surface area contributed by atoms with Crippen molar-refractivity contribution in [3.63, 3.8) is 0 Å². The zero-order valence-corrected chi connectivity index (χ0v) is 13.8. The first-order valence-electron chi connectivity index (χ1n) is 8.51. The van der Waals surface area contributed by atoms with Crippen molar-refractivity contribution < 1.29 is 0 Å². The van der Waals surface area contributed by atoms with E-state index in [-0.39, 0.29) is 0 Å². The first-order chi connectivity index (χ1) is 9.45. The quantitative estimate of drug-likeness (QED) is 0.728. The van der Waals surface area contributed by atoms with Gasteiger partial charge in [0.25, 0.3) is 0 Å². The lowest BCUT2D eigenvalue weighted by atomic mass is 9.74. The lowest BCUT2D eigenvalue weighted by Crippen LogP contribution is -2.23. The topological polar surface area (TPSA) is 12.9 Å². The smallest absolute Gasteiger partial charge is 0.0475 e. The fourth-order valence-corrected chi connectivity index (χ4v) is 3.82. The number of hydrogen-bond donors (Lipinski definition) is 0. The molecule has 0 radical (unpaired) electrons. The van der Waals surface area contributed by atoms with Gasteiger partial charge in [-0.2, -0.15) is 0 Å². The predicted octanol–water partition coefficient (Wildman–Crippen LogP) is 5.26. The minimum absolute atomic E-state index is 0.292. The molecule has 0 aliphatic heterocycles. The van der Waals surface area contributed by atoms with Crippen LogP contribution in [-0.4, -0.2) is 4.98 Å². The summed E-state index contributed by atoms with van der Waals surface area (Å²) < 4.78 is 0. The zero-order valence-electron chi connectivity index (χ0n) is 13.8. The molecule has 0 atom stereocenters. The number of fused-ring (bicyclic) bond motifs is 1. The second kappa shape index (κ2) is 4.86. The molecule has 110 valence electrons. The van der Waals surface area contributed by atoms with E-state index in [0.717, 1.165) is 5.92 Å². The molecule has 1 nitrogen and oxygen atoms in total. The number of aryl methyl sites for hydroxylation is 1. The third-order valence-corrected chi connectivity index (χ3v) is 5.39. The zero-order chi connectivity index (χ0) is 14.5. The Morgan fingerprint density at radius 2 is 1.90 bits per heavy atom. The summed E-state index contributed by atoms with van der Waals surface area (Å²) in [4.78, 5) is 5.14. The molecular weight excluding hydrogens is 242 g/mol. The van der Waals surface area contributed by atoms with Gasteiger partial charge in [0.15, 0.2) is 0 Å². The van der Waals surface area contributed by atoms with Crippen LogP contribution >= 0.6 is 0 Å². The van der Waals surface area contributed by atoms with Gasteiger partial charge in [-0.3, -0.25) is 4.98 Å². The van der Waals surface area contributed by atoms with Crippen molar-refractivity contribution in [2.75, 3.05) is 0 Å². The fourth-order valence-electron chi connectivity index (χ4n) is 3.82. The highest BCUT2D eigenvalue weighted by Gasteiger charge is 2.36. The molecule has 1 aromatic rings. The SMILES string of the molecule is CCC(C)(C)c1c2c(nc(C3CC3)c1C(C)C)CCC2. The van der Waals surface area contributed by atoms with Gasteiger partial charge in [-0.25, -0.2) is 0 Å². The Bertz CT molecular complexity index is 521. The van der Waals surface area contributed by atoms with Gasteiger partial charge in [0.1, 0.15) is 0 Å². The summed E-state index contributed by atoms with van der Waals surface area (Å²) in [7, 11) is 0. The van der Waals surface area contributed by atoms with Gasteiger partial charge in [0.05, 0.1) is 0 Å². The van der Waals surface area contributed by atoms with Crippen LogP contribution in [0.4, 0.5) is 0 Å². The first kappa shape index (κ1) is 14.1. The highest BCUT2D eigenvalue weighted by atomic mass is 14.8. The highest BCUT2D eigenvalue weighted by molar-refractivity contribution is 5.50. The molecular formula is C19H29N. The number of hydrogen-bond acceptors (Lipinski definition) is 1. The molecule has 0 aromatic carbocycles. The van der Waals surface area contributed by atoms with Crippen LogP contribution in [0.2, 0.25) is 0 Å². The Kier molecular flexibility index (Phi) is 3.43. The van der Waals surface area contributed by atoms with E-state index in [1.165, 1.54) is 49.9 Å². The maximum Gasteiger partial charge on any atom is 0.0475 e. The van der Waals surface area contributed by atoms with Crippen molar-refractivity contribution in [3.8, 4) is 0 Å². The molecule has 0 unspecified atom stereocenters. The Morgan fingerprint density at radius 3 is 2.45 bits per heavy atom. The summed E-state index contributed by atoms with van der Waals surface area (Å²) >= 11 is 0. The van der Waals surface area contributed by atoms with Gasteiger partial charge in [-0.05, 0) is 66.5 Å². The van der Waals surface area contributed by atoms with Gasteiger partial charge >= 0.3 is 0 Å². The highest BCUT2D eigenvalue weighted by Crippen LogP contribution is 2.48. The largest absolute Gasteiger partial charge is 0.257 e. The third kappa shape index (κ3) is 2.19. The van der Waals surface area contributed by atoms with Crippen molar-refractivity contribution >= 4 is 0 Å². The number of pyridine rings is 1. The Balaban J connectivity index is 2.28. The van der Waals surface area contributed by atoms with E-state index in [2.05, 4.69) is 34.6 Å². The van der Waals surface area contributed by atoms with Crippen LogP contribution in [0.3, 0.4) is 0 Å². The Labute approximate surface area is 124 Å². The first-order valence-corrected chi connectivity index (χ1v) is 8.51. The van der Waals surface area contributed by atoms with Crippen molar-refractivity contribution in [1.29, 1.82) is 0 Å². The third-order valence-electron chi connectivity index (χ3n) is 5.39. The van der Waals surface area contributed by atoms with E-state index in [1.807, 2.05) is 0 Å². The normalized spacial score (nSPS) is 18.7. The Morgan fingerprint density at radius 1 is 1.20 bits per heavy atom. The van der Waals surface area contributed by atoms with Crippen LogP contribution in [0.25, 0.3) is 0 Å². The molecule has 0 saturated heterocycles. The fraction of sp³-hybridized carbons (Fsp3) is 0.737. The van der Waals surface area contributed by atoms with Gasteiger partial charge in [0, 0.05) is 17.3 Å². The number of aromatic nitrogens is 1. The molecule has 2 aliphatic rings. The summed E-state index contributed by atoms with van der Waals surface area (Å²) in [6.07, 6.45) is 7.70.